The van der Waals surface area contributed by atoms with Crippen molar-refractivity contribution >= 4 is 5.97 Å². The van der Waals surface area contributed by atoms with Gasteiger partial charge in [0.2, 0.25) is 0 Å². The van der Waals surface area contributed by atoms with Gasteiger partial charge in [0, 0.05) is 0 Å². The van der Waals surface area contributed by atoms with Gasteiger partial charge < -0.3 is 35.0 Å². The molecule has 148 valence electrons. The number of hydrogen-bond donors (Lipinski definition) is 5. The van der Waals surface area contributed by atoms with Gasteiger partial charge in [-0.05, 0) is 46.5 Å². The molecule has 0 amide bonds. The largest absolute Gasteiger partial charge is 0.508 e. The van der Waals surface area contributed by atoms with Gasteiger partial charge in [-0.1, -0.05) is 12.1 Å². The van der Waals surface area contributed by atoms with Crippen molar-refractivity contribution in [1.29, 1.82) is 0 Å². The highest BCUT2D eigenvalue weighted by Gasteiger charge is 2.04. The normalized spacial score (nSPS) is 9.96. The summed E-state index contributed by atoms with van der Waals surface area (Å²) in [7, 11) is 1.27. The lowest BCUT2D eigenvalue weighted by Crippen LogP contribution is -2.12. The second-order valence-corrected chi connectivity index (χ2v) is 5.49. The molecule has 2 rings (SSSR count). The number of aliphatic hydroxyl groups is 4. The standard InChI is InChI=1S/C11H14O5.C8H10O3/c1-15-11(14)7-16-10-3-8(5-12)2-9(4-10)6-13;9-4-6-1-7(5-10)3-8(11)2-6/h2-4,12-13H,5-7H2,1H3;1-3,9-11H,4-5H2. The second-order valence-electron chi connectivity index (χ2n) is 5.49. The minimum Gasteiger partial charge on any atom is -0.508 e. The lowest BCUT2D eigenvalue weighted by molar-refractivity contribution is -0.142. The van der Waals surface area contributed by atoms with E-state index in [1.807, 2.05) is 0 Å². The van der Waals surface area contributed by atoms with Crippen LogP contribution in [0.2, 0.25) is 0 Å². The Labute approximate surface area is 156 Å². The van der Waals surface area contributed by atoms with Gasteiger partial charge in [-0.3, -0.25) is 0 Å². The van der Waals surface area contributed by atoms with Crippen molar-refractivity contribution in [3.8, 4) is 11.5 Å². The molecular weight excluding hydrogens is 356 g/mol. The third-order valence-electron chi connectivity index (χ3n) is 3.38. The molecular formula is C19H24O8. The first-order chi connectivity index (χ1) is 12.9. The van der Waals surface area contributed by atoms with Crippen LogP contribution >= 0.6 is 0 Å². The Morgan fingerprint density at radius 3 is 1.56 bits per heavy atom. The number of hydrogen-bond acceptors (Lipinski definition) is 8. The molecule has 2 aromatic carbocycles. The third-order valence-corrected chi connectivity index (χ3v) is 3.38. The number of carbonyl (C=O) groups excluding carboxylic acids is 1. The number of ether oxygens (including phenoxy) is 2. The van der Waals surface area contributed by atoms with Crippen LogP contribution in [0.25, 0.3) is 0 Å². The lowest BCUT2D eigenvalue weighted by atomic mass is 10.1. The molecule has 0 fully saturated rings. The Kier molecular flexibility index (Phi) is 9.84. The first kappa shape index (κ1) is 22.4. The van der Waals surface area contributed by atoms with E-state index in [4.69, 9.17) is 30.3 Å². The first-order valence-electron chi connectivity index (χ1n) is 8.03. The molecule has 0 aliphatic carbocycles. The van der Waals surface area contributed by atoms with Gasteiger partial charge in [-0.25, -0.2) is 4.79 Å². The van der Waals surface area contributed by atoms with Crippen LogP contribution in [0, 0.1) is 0 Å². The van der Waals surface area contributed by atoms with Crippen molar-refractivity contribution in [3.63, 3.8) is 0 Å². The number of phenols is 1. The molecule has 8 nitrogen and oxygen atoms in total. The molecule has 0 saturated heterocycles. The van der Waals surface area contributed by atoms with Crippen LogP contribution in [0.3, 0.4) is 0 Å². The van der Waals surface area contributed by atoms with Crippen LogP contribution in [-0.4, -0.2) is 45.2 Å². The molecule has 27 heavy (non-hydrogen) atoms. The number of aromatic hydroxyl groups is 1. The SMILES string of the molecule is COC(=O)COc1cc(CO)cc(CO)c1.OCc1cc(O)cc(CO)c1. The zero-order chi connectivity index (χ0) is 20.2. The zero-order valence-corrected chi connectivity index (χ0v) is 15.0. The third kappa shape index (κ3) is 8.06. The van der Waals surface area contributed by atoms with Gasteiger partial charge in [0.1, 0.15) is 11.5 Å². The fourth-order valence-corrected chi connectivity index (χ4v) is 2.12. The van der Waals surface area contributed by atoms with Gasteiger partial charge in [0.05, 0.1) is 33.5 Å². The van der Waals surface area contributed by atoms with E-state index in [0.29, 0.717) is 28.0 Å². The molecule has 0 spiro atoms. The smallest absolute Gasteiger partial charge is 0.343 e. The average Bonchev–Trinajstić information content (AvgIpc) is 2.71. The van der Waals surface area contributed by atoms with Crippen LogP contribution in [0.5, 0.6) is 11.5 Å². The van der Waals surface area contributed by atoms with Gasteiger partial charge in [0.25, 0.3) is 0 Å². The molecule has 0 aromatic heterocycles. The number of phenolic OH excluding ortho intramolecular Hbond substituents is 1. The van der Waals surface area contributed by atoms with Crippen molar-refractivity contribution in [3.05, 3.63) is 58.7 Å². The maximum atomic E-state index is 10.8. The van der Waals surface area contributed by atoms with Crippen molar-refractivity contribution in [2.24, 2.45) is 0 Å². The summed E-state index contributed by atoms with van der Waals surface area (Å²) < 4.78 is 9.57. The first-order valence-corrected chi connectivity index (χ1v) is 8.03. The Morgan fingerprint density at radius 1 is 0.778 bits per heavy atom. The summed E-state index contributed by atoms with van der Waals surface area (Å²) in [5.74, 6) is 0.00144. The van der Waals surface area contributed by atoms with E-state index in [-0.39, 0.29) is 38.8 Å². The van der Waals surface area contributed by atoms with E-state index in [2.05, 4.69) is 4.74 Å². The van der Waals surface area contributed by atoms with Crippen LogP contribution in [0.15, 0.2) is 36.4 Å². The van der Waals surface area contributed by atoms with Gasteiger partial charge in [0.15, 0.2) is 6.61 Å². The fraction of sp³-hybridized carbons (Fsp3) is 0.316. The van der Waals surface area contributed by atoms with Crippen molar-refractivity contribution < 1.29 is 39.8 Å². The zero-order valence-electron chi connectivity index (χ0n) is 15.0. The van der Waals surface area contributed by atoms with Crippen molar-refractivity contribution in [2.75, 3.05) is 13.7 Å². The highest BCUT2D eigenvalue weighted by Crippen LogP contribution is 2.18. The predicted octanol–water partition coefficient (Wildman–Crippen LogP) is 0.600. The number of aliphatic hydroxyl groups excluding tert-OH is 4. The molecule has 0 atom stereocenters. The maximum absolute atomic E-state index is 10.8. The molecule has 5 N–H and O–H groups in total. The minimum atomic E-state index is -0.486. The Morgan fingerprint density at radius 2 is 1.19 bits per heavy atom. The molecule has 2 aromatic rings. The molecule has 0 bridgehead atoms. The van der Waals surface area contributed by atoms with Gasteiger partial charge >= 0.3 is 5.97 Å². The van der Waals surface area contributed by atoms with Crippen LogP contribution in [0.1, 0.15) is 22.3 Å². The summed E-state index contributed by atoms with van der Waals surface area (Å²) in [6.07, 6.45) is 0. The topological polar surface area (TPSA) is 137 Å². The van der Waals surface area contributed by atoms with Crippen LogP contribution in [0.4, 0.5) is 0 Å². The monoisotopic (exact) mass is 380 g/mol. The fourth-order valence-electron chi connectivity index (χ4n) is 2.12. The molecule has 0 aliphatic heterocycles. The Hall–Kier alpha value is -2.65. The molecule has 0 radical (unpaired) electrons. The van der Waals surface area contributed by atoms with E-state index in [0.717, 1.165) is 0 Å². The van der Waals surface area contributed by atoms with E-state index >= 15 is 0 Å². The van der Waals surface area contributed by atoms with Crippen LogP contribution < -0.4 is 4.74 Å². The lowest BCUT2D eigenvalue weighted by Gasteiger charge is -2.08. The minimum absolute atomic E-state index is 0.0700. The van der Waals surface area contributed by atoms with E-state index in [1.54, 1.807) is 24.3 Å². The number of benzene rings is 2. The van der Waals surface area contributed by atoms with Crippen LogP contribution in [-0.2, 0) is 36.0 Å². The highest BCUT2D eigenvalue weighted by molar-refractivity contribution is 5.70. The van der Waals surface area contributed by atoms with E-state index < -0.39 is 5.97 Å². The number of carbonyl (C=O) groups is 1. The number of methoxy groups -OCH3 is 1. The maximum Gasteiger partial charge on any atom is 0.343 e. The van der Waals surface area contributed by atoms with Gasteiger partial charge in [-0.2, -0.15) is 0 Å². The quantitative estimate of drug-likeness (QED) is 0.441. The molecule has 8 heteroatoms. The predicted molar refractivity (Wildman–Crippen MR) is 95.8 cm³/mol. The number of rotatable bonds is 7. The van der Waals surface area contributed by atoms with Gasteiger partial charge in [-0.15, -0.1) is 0 Å². The average molecular weight is 380 g/mol. The Bertz CT molecular complexity index is 685. The summed E-state index contributed by atoms with van der Waals surface area (Å²) in [5.41, 5.74) is 2.45. The number of esters is 1. The summed E-state index contributed by atoms with van der Waals surface area (Å²) in [6.45, 7) is -0.746. The molecule has 0 heterocycles. The summed E-state index contributed by atoms with van der Waals surface area (Å²) in [6, 6.07) is 9.41. The summed E-state index contributed by atoms with van der Waals surface area (Å²) in [5, 5.41) is 44.4. The summed E-state index contributed by atoms with van der Waals surface area (Å²) >= 11 is 0. The summed E-state index contributed by atoms with van der Waals surface area (Å²) in [4.78, 5) is 10.8. The van der Waals surface area contributed by atoms with Crippen molar-refractivity contribution in [2.45, 2.75) is 26.4 Å². The van der Waals surface area contributed by atoms with E-state index in [1.165, 1.54) is 19.2 Å². The van der Waals surface area contributed by atoms with E-state index in [9.17, 15) is 4.79 Å². The molecule has 0 saturated carbocycles. The molecule has 0 aliphatic rings. The molecule has 0 unspecified atom stereocenters. The second kappa shape index (κ2) is 11.9. The van der Waals surface area contributed by atoms with Crippen molar-refractivity contribution in [1.82, 2.24) is 0 Å². The highest BCUT2D eigenvalue weighted by atomic mass is 16.6. The Balaban J connectivity index is 0.000000289.